The monoisotopic (exact) mass is 321 g/mol. The van der Waals surface area contributed by atoms with Crippen LogP contribution in [0.1, 0.15) is 20.8 Å². The van der Waals surface area contributed by atoms with Crippen molar-refractivity contribution in [1.29, 1.82) is 0 Å². The quantitative estimate of drug-likeness (QED) is 0.861. The number of carbonyl (C=O) groups is 1. The summed E-state index contributed by atoms with van der Waals surface area (Å²) in [5, 5.41) is 0. The summed E-state index contributed by atoms with van der Waals surface area (Å²) in [4.78, 5) is 16.1. The Morgan fingerprint density at radius 1 is 1.13 bits per heavy atom. The van der Waals surface area contributed by atoms with Gasteiger partial charge in [0, 0.05) is 38.4 Å². The molecule has 0 bridgehead atoms. The number of hydrogen-bond donors (Lipinski definition) is 1. The number of anilines is 1. The van der Waals surface area contributed by atoms with E-state index in [1.54, 1.807) is 4.90 Å². The fraction of sp³-hybridized carbons (Fsp3) is 0.588. The van der Waals surface area contributed by atoms with E-state index in [-0.39, 0.29) is 6.09 Å². The maximum atomic E-state index is 12.0. The number of rotatable bonds is 4. The van der Waals surface area contributed by atoms with E-state index in [4.69, 9.17) is 15.2 Å². The molecular formula is C17H27N3O3. The van der Waals surface area contributed by atoms with Gasteiger partial charge in [0.15, 0.2) is 0 Å². The zero-order chi connectivity index (χ0) is 16.9. The van der Waals surface area contributed by atoms with Crippen molar-refractivity contribution < 1.29 is 14.3 Å². The highest BCUT2D eigenvalue weighted by Crippen LogP contribution is 2.14. The van der Waals surface area contributed by atoms with Gasteiger partial charge in [-0.2, -0.15) is 0 Å². The predicted molar refractivity (Wildman–Crippen MR) is 90.6 cm³/mol. The number of amides is 1. The van der Waals surface area contributed by atoms with Crippen LogP contribution in [0, 0.1) is 0 Å². The topological polar surface area (TPSA) is 68.0 Å². The van der Waals surface area contributed by atoms with E-state index < -0.39 is 5.60 Å². The van der Waals surface area contributed by atoms with Crippen LogP contribution in [-0.4, -0.2) is 60.8 Å². The number of ether oxygens (including phenoxy) is 2. The first kappa shape index (κ1) is 17.4. The summed E-state index contributed by atoms with van der Waals surface area (Å²) in [5.41, 5.74) is 5.93. The molecule has 6 heteroatoms. The largest absolute Gasteiger partial charge is 0.492 e. The Morgan fingerprint density at radius 3 is 2.30 bits per heavy atom. The van der Waals surface area contributed by atoms with Crippen LogP contribution in [-0.2, 0) is 4.74 Å². The number of benzene rings is 1. The molecule has 1 heterocycles. The average molecular weight is 321 g/mol. The lowest BCUT2D eigenvalue weighted by Gasteiger charge is -2.35. The minimum absolute atomic E-state index is 0.227. The smallest absolute Gasteiger partial charge is 0.410 e. The zero-order valence-corrected chi connectivity index (χ0v) is 14.2. The Kier molecular flexibility index (Phi) is 5.71. The third kappa shape index (κ3) is 5.98. The van der Waals surface area contributed by atoms with E-state index in [0.717, 1.165) is 31.1 Å². The van der Waals surface area contributed by atoms with Gasteiger partial charge in [0.2, 0.25) is 0 Å². The summed E-state index contributed by atoms with van der Waals surface area (Å²) in [6.45, 7) is 10.2. The van der Waals surface area contributed by atoms with Crippen molar-refractivity contribution in [3.63, 3.8) is 0 Å². The lowest BCUT2D eigenvalue weighted by molar-refractivity contribution is 0.0137. The first-order valence-corrected chi connectivity index (χ1v) is 8.02. The zero-order valence-electron chi connectivity index (χ0n) is 14.2. The van der Waals surface area contributed by atoms with Crippen LogP contribution >= 0.6 is 0 Å². The number of nitrogens with two attached hydrogens (primary N) is 1. The molecule has 0 aliphatic carbocycles. The van der Waals surface area contributed by atoms with Crippen molar-refractivity contribution in [1.82, 2.24) is 9.80 Å². The molecule has 1 amide bonds. The average Bonchev–Trinajstić information content (AvgIpc) is 2.48. The lowest BCUT2D eigenvalue weighted by atomic mass is 10.2. The first-order valence-electron chi connectivity index (χ1n) is 8.02. The van der Waals surface area contributed by atoms with Gasteiger partial charge >= 0.3 is 6.09 Å². The fourth-order valence-corrected chi connectivity index (χ4v) is 2.34. The molecule has 6 nitrogen and oxygen atoms in total. The molecule has 23 heavy (non-hydrogen) atoms. The predicted octanol–water partition coefficient (Wildman–Crippen LogP) is 2.20. The van der Waals surface area contributed by atoms with Gasteiger partial charge in [0.05, 0.1) is 0 Å². The summed E-state index contributed by atoms with van der Waals surface area (Å²) >= 11 is 0. The Labute approximate surface area is 138 Å². The van der Waals surface area contributed by atoms with E-state index >= 15 is 0 Å². The second-order valence-corrected chi connectivity index (χ2v) is 6.73. The van der Waals surface area contributed by atoms with Gasteiger partial charge in [-0.05, 0) is 45.0 Å². The van der Waals surface area contributed by atoms with Crippen molar-refractivity contribution in [3.05, 3.63) is 24.3 Å². The van der Waals surface area contributed by atoms with Crippen molar-refractivity contribution >= 4 is 11.8 Å². The van der Waals surface area contributed by atoms with E-state index in [9.17, 15) is 4.79 Å². The van der Waals surface area contributed by atoms with E-state index in [2.05, 4.69) is 4.90 Å². The second kappa shape index (κ2) is 7.55. The summed E-state index contributed by atoms with van der Waals surface area (Å²) in [6.07, 6.45) is -0.227. The van der Waals surface area contributed by atoms with E-state index in [1.807, 2.05) is 45.0 Å². The highest BCUT2D eigenvalue weighted by atomic mass is 16.6. The molecule has 0 spiro atoms. The molecule has 0 aromatic heterocycles. The van der Waals surface area contributed by atoms with Crippen molar-refractivity contribution in [2.24, 2.45) is 0 Å². The van der Waals surface area contributed by atoms with Crippen molar-refractivity contribution in [3.8, 4) is 5.75 Å². The third-order valence-electron chi connectivity index (χ3n) is 3.58. The number of nitrogen functional groups attached to an aromatic ring is 1. The Balaban J connectivity index is 1.66. The highest BCUT2D eigenvalue weighted by Gasteiger charge is 2.25. The van der Waals surface area contributed by atoms with Crippen LogP contribution in [0.4, 0.5) is 10.5 Å². The van der Waals surface area contributed by atoms with Gasteiger partial charge in [-0.3, -0.25) is 4.90 Å². The molecule has 2 rings (SSSR count). The molecule has 1 saturated heterocycles. The number of nitrogens with zero attached hydrogens (tertiary/aromatic N) is 2. The molecule has 1 fully saturated rings. The maximum Gasteiger partial charge on any atom is 0.410 e. The van der Waals surface area contributed by atoms with Gasteiger partial charge in [0.25, 0.3) is 0 Å². The number of carbonyl (C=O) groups excluding carboxylic acids is 1. The van der Waals surface area contributed by atoms with Crippen LogP contribution in [0.15, 0.2) is 24.3 Å². The summed E-state index contributed by atoms with van der Waals surface area (Å²) < 4.78 is 11.1. The molecule has 0 saturated carbocycles. The van der Waals surface area contributed by atoms with Gasteiger partial charge < -0.3 is 20.1 Å². The molecule has 1 aromatic rings. The van der Waals surface area contributed by atoms with Gasteiger partial charge in [-0.15, -0.1) is 0 Å². The van der Waals surface area contributed by atoms with Crippen LogP contribution in [0.25, 0.3) is 0 Å². The van der Waals surface area contributed by atoms with Crippen LogP contribution in [0.3, 0.4) is 0 Å². The molecule has 1 aromatic carbocycles. The van der Waals surface area contributed by atoms with Crippen LogP contribution in [0.5, 0.6) is 5.75 Å². The lowest BCUT2D eigenvalue weighted by Crippen LogP contribution is -2.50. The van der Waals surface area contributed by atoms with Gasteiger partial charge in [-0.1, -0.05) is 0 Å². The molecule has 0 unspecified atom stereocenters. The number of hydrogen-bond acceptors (Lipinski definition) is 5. The minimum Gasteiger partial charge on any atom is -0.492 e. The van der Waals surface area contributed by atoms with E-state index in [0.29, 0.717) is 19.7 Å². The van der Waals surface area contributed by atoms with Crippen molar-refractivity contribution in [2.75, 3.05) is 45.1 Å². The Morgan fingerprint density at radius 2 is 1.74 bits per heavy atom. The molecular weight excluding hydrogens is 294 g/mol. The molecule has 1 aliphatic rings. The van der Waals surface area contributed by atoms with Crippen molar-refractivity contribution in [2.45, 2.75) is 26.4 Å². The standard InChI is InChI=1S/C17H27N3O3/c1-17(2,3)23-16(21)20-10-8-19(9-11-20)12-13-22-15-6-4-14(18)5-7-15/h4-7H,8-13,18H2,1-3H3. The highest BCUT2D eigenvalue weighted by molar-refractivity contribution is 5.68. The normalized spacial score (nSPS) is 16.2. The van der Waals surface area contributed by atoms with Crippen LogP contribution < -0.4 is 10.5 Å². The second-order valence-electron chi connectivity index (χ2n) is 6.73. The van der Waals surface area contributed by atoms with E-state index in [1.165, 1.54) is 0 Å². The summed E-state index contributed by atoms with van der Waals surface area (Å²) in [5.74, 6) is 0.826. The summed E-state index contributed by atoms with van der Waals surface area (Å²) in [6, 6.07) is 7.40. The molecule has 128 valence electrons. The molecule has 0 atom stereocenters. The first-order chi connectivity index (χ1) is 10.8. The Bertz CT molecular complexity index is 503. The molecule has 1 aliphatic heterocycles. The fourth-order valence-electron chi connectivity index (χ4n) is 2.34. The minimum atomic E-state index is -0.443. The SMILES string of the molecule is CC(C)(C)OC(=O)N1CCN(CCOc2ccc(N)cc2)CC1. The van der Waals surface area contributed by atoms with Gasteiger partial charge in [0.1, 0.15) is 18.0 Å². The third-order valence-corrected chi connectivity index (χ3v) is 3.58. The van der Waals surface area contributed by atoms with Crippen LogP contribution in [0.2, 0.25) is 0 Å². The number of piperazine rings is 1. The summed E-state index contributed by atoms with van der Waals surface area (Å²) in [7, 11) is 0. The molecule has 2 N–H and O–H groups in total. The maximum absolute atomic E-state index is 12.0. The van der Waals surface area contributed by atoms with Gasteiger partial charge in [-0.25, -0.2) is 4.79 Å². The molecule has 0 radical (unpaired) electrons. The Hall–Kier alpha value is -1.95.